The zero-order valence-corrected chi connectivity index (χ0v) is 39.1. The lowest BCUT2D eigenvalue weighted by atomic mass is 9.33. The second-order valence-electron chi connectivity index (χ2n) is 22.2. The number of amides is 1. The van der Waals surface area contributed by atoms with Gasteiger partial charge in [-0.25, -0.2) is 0 Å². The van der Waals surface area contributed by atoms with Gasteiger partial charge in [0.25, 0.3) is 10.0 Å². The molecule has 2 aromatic carbocycles. The van der Waals surface area contributed by atoms with Gasteiger partial charge < -0.3 is 14.8 Å². The molecule has 0 bridgehead atoms. The number of ether oxygens (including phenoxy) is 2. The molecule has 1 aliphatic heterocycles. The maximum atomic E-state index is 15.0. The number of likely N-dealkylation sites (tertiary alicyclic amines) is 1. The molecule has 7 atom stereocenters. The van der Waals surface area contributed by atoms with E-state index in [4.69, 9.17) is 14.6 Å². The number of nitrogens with zero attached hydrogens (tertiary/aromatic N) is 3. The number of nitrogens with one attached hydrogen (secondary N) is 1. The second-order valence-corrected chi connectivity index (χ2v) is 24.0. The van der Waals surface area contributed by atoms with Crippen LogP contribution in [0.5, 0.6) is 11.5 Å². The first kappa shape index (κ1) is 42.7. The summed E-state index contributed by atoms with van der Waals surface area (Å²) in [6, 6.07) is 15.7. The Morgan fingerprint density at radius 2 is 1.56 bits per heavy atom. The first-order valence-corrected chi connectivity index (χ1v) is 24.6. The minimum atomic E-state index is -3.99. The zero-order chi connectivity index (χ0) is 43.4. The van der Waals surface area contributed by atoms with E-state index in [1.807, 2.05) is 0 Å². The summed E-state index contributed by atoms with van der Waals surface area (Å²) in [6.45, 7) is 20.1. The van der Waals surface area contributed by atoms with Crippen molar-refractivity contribution in [2.24, 2.45) is 44.8 Å². The van der Waals surface area contributed by atoms with E-state index in [0.29, 0.717) is 29.2 Å². The number of allylic oxidation sites excluding steroid dienone is 2. The Morgan fingerprint density at radius 1 is 0.852 bits per heavy atom. The monoisotopic (exact) mass is 851 g/mol. The third kappa shape index (κ3) is 6.56. The first-order valence-electron chi connectivity index (χ1n) is 23.2. The molecule has 2 heterocycles. The van der Waals surface area contributed by atoms with E-state index < -0.39 is 10.0 Å². The standard InChI is InChI=1S/C51H70N4O5S/c1-46(2)23-25-51(45(56)52-36-20-27-54(28-21-36)32-34-13-11-10-12-14-34)26-24-49(6)38(39(51)31-46)16-18-43-48(5)30-35-33-55(53-44(35)47(3,4)42(48)19-22-50(43,49)7)61(57,58)37-15-17-40(59-8)41(29-37)60-9/h10-17,29,33,36,39,42-43H,18-28,30-32H2,1-9H3,(H,52,56)/t39-,42-,43+,48-,49+,50+,51-/m0/s1. The molecule has 6 aliphatic rings. The fraction of sp³-hybridized carbons (Fsp3) is 0.647. The van der Waals surface area contributed by atoms with Crippen LogP contribution in [0, 0.1) is 44.8 Å². The molecule has 1 amide bonds. The predicted molar refractivity (Wildman–Crippen MR) is 240 cm³/mol. The van der Waals surface area contributed by atoms with Crippen molar-refractivity contribution in [3.63, 3.8) is 0 Å². The van der Waals surface area contributed by atoms with Crippen LogP contribution in [0.25, 0.3) is 0 Å². The van der Waals surface area contributed by atoms with Gasteiger partial charge >= 0.3 is 0 Å². The maximum absolute atomic E-state index is 15.0. The van der Waals surface area contributed by atoms with Gasteiger partial charge in [0.15, 0.2) is 11.5 Å². The van der Waals surface area contributed by atoms with Crippen LogP contribution >= 0.6 is 0 Å². The van der Waals surface area contributed by atoms with Crippen LogP contribution < -0.4 is 14.8 Å². The molecule has 9 rings (SSSR count). The van der Waals surface area contributed by atoms with Gasteiger partial charge in [-0.3, -0.25) is 9.69 Å². The SMILES string of the molecule is COc1ccc(S(=O)(=O)n2cc3c(n2)C(C)(C)[C@@H]2CC[C@]4(C)[C@H](CC=C5[C@@H]6CC(C)(C)CC[C@]6(C(=O)NC6CCN(Cc7ccccc7)CC6)CC[C@]54C)[C@@]2(C)C3)cc1OC. The molecule has 0 spiro atoms. The lowest BCUT2D eigenvalue weighted by Gasteiger charge is -2.70. The zero-order valence-electron chi connectivity index (χ0n) is 38.3. The van der Waals surface area contributed by atoms with Crippen LogP contribution in [0.2, 0.25) is 0 Å². The summed E-state index contributed by atoms with van der Waals surface area (Å²) >= 11 is 0. The minimum Gasteiger partial charge on any atom is -0.493 e. The molecule has 1 N–H and O–H groups in total. The van der Waals surface area contributed by atoms with E-state index in [0.717, 1.165) is 102 Å². The molecule has 1 saturated heterocycles. The number of benzene rings is 2. The summed E-state index contributed by atoms with van der Waals surface area (Å²) in [7, 11) is -0.933. The number of hydrogen-bond acceptors (Lipinski definition) is 7. The van der Waals surface area contributed by atoms with Crippen LogP contribution in [-0.2, 0) is 33.2 Å². The summed E-state index contributed by atoms with van der Waals surface area (Å²) in [5, 5.41) is 8.63. The Balaban J connectivity index is 0.996. The van der Waals surface area contributed by atoms with Gasteiger partial charge in [-0.1, -0.05) is 90.4 Å². The molecule has 10 heteroatoms. The van der Waals surface area contributed by atoms with Crippen molar-refractivity contribution in [2.75, 3.05) is 27.3 Å². The summed E-state index contributed by atoms with van der Waals surface area (Å²) in [5.41, 5.74) is 4.31. The van der Waals surface area contributed by atoms with Crippen LogP contribution in [0.4, 0.5) is 0 Å². The number of carbonyl (C=O) groups is 1. The average Bonchev–Trinajstić information content (AvgIpc) is 3.67. The van der Waals surface area contributed by atoms with Crippen molar-refractivity contribution in [1.29, 1.82) is 0 Å². The fourth-order valence-electron chi connectivity index (χ4n) is 14.7. The van der Waals surface area contributed by atoms with Gasteiger partial charge in [-0.05, 0) is 133 Å². The van der Waals surface area contributed by atoms with E-state index in [-0.39, 0.29) is 49.3 Å². The molecule has 3 aromatic rings. The minimum absolute atomic E-state index is 0.0279. The molecule has 4 fully saturated rings. The van der Waals surface area contributed by atoms with E-state index in [1.165, 1.54) is 22.8 Å². The number of piperidine rings is 1. The van der Waals surface area contributed by atoms with Gasteiger partial charge in [-0.2, -0.15) is 17.6 Å². The third-order valence-corrected chi connectivity index (χ3v) is 19.8. The number of hydrogen-bond donors (Lipinski definition) is 1. The number of aromatic nitrogens is 2. The van der Waals surface area contributed by atoms with E-state index in [9.17, 15) is 13.2 Å². The average molecular weight is 851 g/mol. The summed E-state index contributed by atoms with van der Waals surface area (Å²) < 4.78 is 40.5. The molecule has 5 aliphatic carbocycles. The van der Waals surface area contributed by atoms with Crippen molar-refractivity contribution in [3.8, 4) is 11.5 Å². The fourth-order valence-corrected chi connectivity index (χ4v) is 15.9. The highest BCUT2D eigenvalue weighted by Gasteiger charge is 2.69. The number of methoxy groups -OCH3 is 2. The van der Waals surface area contributed by atoms with Crippen LogP contribution in [0.3, 0.4) is 0 Å². The Morgan fingerprint density at radius 3 is 2.26 bits per heavy atom. The second kappa shape index (κ2) is 14.7. The molecule has 0 radical (unpaired) electrons. The molecule has 0 unspecified atom stereocenters. The Bertz CT molecular complexity index is 2330. The Hall–Kier alpha value is -3.63. The van der Waals surface area contributed by atoms with Crippen molar-refractivity contribution in [2.45, 2.75) is 142 Å². The van der Waals surface area contributed by atoms with Crippen molar-refractivity contribution >= 4 is 15.9 Å². The molecule has 3 saturated carbocycles. The van der Waals surface area contributed by atoms with Gasteiger partial charge in [-0.15, -0.1) is 0 Å². The van der Waals surface area contributed by atoms with Gasteiger partial charge in [0.1, 0.15) is 0 Å². The van der Waals surface area contributed by atoms with Gasteiger partial charge in [0, 0.05) is 43.4 Å². The smallest absolute Gasteiger partial charge is 0.283 e. The molecule has 9 nitrogen and oxygen atoms in total. The van der Waals surface area contributed by atoms with E-state index in [2.05, 4.69) is 95.1 Å². The summed E-state index contributed by atoms with van der Waals surface area (Å²) in [6.07, 6.45) is 15.5. The highest BCUT2D eigenvalue weighted by molar-refractivity contribution is 7.89. The normalized spacial score (nSPS) is 34.4. The summed E-state index contributed by atoms with van der Waals surface area (Å²) in [4.78, 5) is 17.6. The van der Waals surface area contributed by atoms with Gasteiger partial charge in [0.05, 0.1) is 30.2 Å². The first-order chi connectivity index (χ1) is 28.8. The van der Waals surface area contributed by atoms with Crippen LogP contribution in [0.1, 0.15) is 129 Å². The van der Waals surface area contributed by atoms with Crippen LogP contribution in [0.15, 0.2) is 71.3 Å². The highest BCUT2D eigenvalue weighted by atomic mass is 32.2. The third-order valence-electron chi connectivity index (χ3n) is 18.2. The molecule has 1 aromatic heterocycles. The van der Waals surface area contributed by atoms with Crippen LogP contribution in [-0.4, -0.2) is 61.8 Å². The lowest BCUT2D eigenvalue weighted by Crippen LogP contribution is -2.65. The largest absolute Gasteiger partial charge is 0.493 e. The van der Waals surface area contributed by atoms with Crippen molar-refractivity contribution in [3.05, 3.63) is 83.2 Å². The molecular weight excluding hydrogens is 781 g/mol. The Kier molecular flexibility index (Phi) is 10.3. The molecule has 330 valence electrons. The predicted octanol–water partition coefficient (Wildman–Crippen LogP) is 9.73. The number of carbonyl (C=O) groups excluding carboxylic acids is 1. The maximum Gasteiger partial charge on any atom is 0.283 e. The molecule has 61 heavy (non-hydrogen) atoms. The molecular formula is C51H70N4O5S. The number of fused-ring (bicyclic) bond motifs is 8. The number of rotatable bonds is 8. The van der Waals surface area contributed by atoms with Crippen molar-refractivity contribution in [1.82, 2.24) is 19.4 Å². The van der Waals surface area contributed by atoms with Gasteiger partial charge in [0.2, 0.25) is 5.91 Å². The highest BCUT2D eigenvalue weighted by Crippen LogP contribution is 2.75. The van der Waals surface area contributed by atoms with E-state index >= 15 is 0 Å². The summed E-state index contributed by atoms with van der Waals surface area (Å²) in [5.74, 6) is 2.16. The quantitative estimate of drug-likeness (QED) is 0.225. The lowest BCUT2D eigenvalue weighted by molar-refractivity contribution is -0.168. The van der Waals surface area contributed by atoms with Crippen molar-refractivity contribution < 1.29 is 22.7 Å². The topological polar surface area (TPSA) is 103 Å². The van der Waals surface area contributed by atoms with E-state index in [1.54, 1.807) is 31.0 Å². The Labute approximate surface area is 365 Å².